The molecule has 3 rings (SSSR count). The van der Waals surface area contributed by atoms with E-state index in [1.54, 1.807) is 18.2 Å². The third kappa shape index (κ3) is 2.97. The molecule has 0 bridgehead atoms. The first-order chi connectivity index (χ1) is 10.5. The zero-order valence-electron chi connectivity index (χ0n) is 13.1. The molecule has 3 heterocycles. The molecule has 0 spiro atoms. The van der Waals surface area contributed by atoms with Crippen molar-refractivity contribution in [3.8, 4) is 0 Å². The molecule has 2 aromatic heterocycles. The Morgan fingerprint density at radius 1 is 1.45 bits per heavy atom. The van der Waals surface area contributed by atoms with Gasteiger partial charge >= 0.3 is 5.97 Å². The number of nitrogens with zero attached hydrogens (tertiary/aromatic N) is 4. The van der Waals surface area contributed by atoms with Gasteiger partial charge in [0.25, 0.3) is 0 Å². The van der Waals surface area contributed by atoms with Gasteiger partial charge in [0.15, 0.2) is 17.2 Å². The Hall–Kier alpha value is -1.95. The maximum Gasteiger partial charge on any atom is 0.354 e. The Kier molecular flexibility index (Phi) is 4.11. The number of fused-ring (bicyclic) bond motifs is 1. The fourth-order valence-electron chi connectivity index (χ4n) is 3.19. The number of hydrogen-bond donors (Lipinski definition) is 1. The average Bonchev–Trinajstić information content (AvgIpc) is 2.89. The highest BCUT2D eigenvalue weighted by Crippen LogP contribution is 2.21. The summed E-state index contributed by atoms with van der Waals surface area (Å²) in [4.78, 5) is 18.2. The molecule has 0 amide bonds. The van der Waals surface area contributed by atoms with Gasteiger partial charge < -0.3 is 10.0 Å². The molecule has 22 heavy (non-hydrogen) atoms. The predicted molar refractivity (Wildman–Crippen MR) is 83.1 cm³/mol. The van der Waals surface area contributed by atoms with Crippen LogP contribution in [-0.4, -0.2) is 49.7 Å². The summed E-state index contributed by atoms with van der Waals surface area (Å²) >= 11 is 0. The summed E-state index contributed by atoms with van der Waals surface area (Å²) in [6.45, 7) is 6.68. The lowest BCUT2D eigenvalue weighted by atomic mass is 9.94. The van der Waals surface area contributed by atoms with Crippen LogP contribution in [0.4, 0.5) is 0 Å². The normalized spacial score (nSPS) is 19.9. The van der Waals surface area contributed by atoms with Gasteiger partial charge in [-0.3, -0.25) is 0 Å². The van der Waals surface area contributed by atoms with Gasteiger partial charge in [-0.2, -0.15) is 5.10 Å². The van der Waals surface area contributed by atoms with Crippen LogP contribution in [0.25, 0.3) is 5.65 Å². The third-order valence-electron chi connectivity index (χ3n) is 4.37. The molecule has 1 unspecified atom stereocenters. The average molecular weight is 302 g/mol. The van der Waals surface area contributed by atoms with Crippen molar-refractivity contribution in [3.05, 3.63) is 29.7 Å². The minimum Gasteiger partial charge on any atom is -0.477 e. The van der Waals surface area contributed by atoms with Crippen molar-refractivity contribution in [1.82, 2.24) is 19.5 Å². The summed E-state index contributed by atoms with van der Waals surface area (Å²) in [6.07, 6.45) is 3.20. The summed E-state index contributed by atoms with van der Waals surface area (Å²) in [5.74, 6) is 0.303. The fourth-order valence-corrected chi connectivity index (χ4v) is 3.19. The topological polar surface area (TPSA) is 70.7 Å². The lowest BCUT2D eigenvalue weighted by Crippen LogP contribution is -2.40. The minimum atomic E-state index is -0.981. The fraction of sp³-hybridized carbons (Fsp3) is 0.562. The van der Waals surface area contributed by atoms with Crippen LogP contribution < -0.4 is 0 Å². The number of carbonyl (C=O) groups is 1. The minimum absolute atomic E-state index is 0.156. The molecule has 6 nitrogen and oxygen atoms in total. The Morgan fingerprint density at radius 3 is 3.00 bits per heavy atom. The smallest absolute Gasteiger partial charge is 0.354 e. The first kappa shape index (κ1) is 15.0. The zero-order valence-corrected chi connectivity index (χ0v) is 13.1. The molecule has 1 aliphatic heterocycles. The Balaban J connectivity index is 1.79. The quantitative estimate of drug-likeness (QED) is 0.936. The van der Waals surface area contributed by atoms with Gasteiger partial charge in [-0.15, -0.1) is 0 Å². The summed E-state index contributed by atoms with van der Waals surface area (Å²) < 4.78 is 1.43. The van der Waals surface area contributed by atoms with E-state index in [1.807, 2.05) is 0 Å². The van der Waals surface area contributed by atoms with Gasteiger partial charge in [0.2, 0.25) is 0 Å². The van der Waals surface area contributed by atoms with E-state index >= 15 is 0 Å². The van der Waals surface area contributed by atoms with E-state index in [9.17, 15) is 9.90 Å². The number of carboxylic acids is 1. The number of piperidine rings is 1. The molecular formula is C16H22N4O2. The van der Waals surface area contributed by atoms with Gasteiger partial charge in [-0.25, -0.2) is 14.3 Å². The molecule has 0 aliphatic carbocycles. The highest BCUT2D eigenvalue weighted by Gasteiger charge is 2.23. The molecule has 2 aromatic rings. The van der Waals surface area contributed by atoms with Crippen LogP contribution in [0.15, 0.2) is 18.2 Å². The maximum absolute atomic E-state index is 11.2. The van der Waals surface area contributed by atoms with E-state index < -0.39 is 5.97 Å². The molecule has 1 saturated heterocycles. The van der Waals surface area contributed by atoms with E-state index in [1.165, 1.54) is 17.4 Å². The van der Waals surface area contributed by atoms with E-state index in [0.29, 0.717) is 17.6 Å². The Bertz CT molecular complexity index is 680. The van der Waals surface area contributed by atoms with E-state index in [-0.39, 0.29) is 5.69 Å². The molecule has 1 aliphatic rings. The van der Waals surface area contributed by atoms with E-state index in [2.05, 4.69) is 28.8 Å². The van der Waals surface area contributed by atoms with E-state index in [4.69, 9.17) is 0 Å². The van der Waals surface area contributed by atoms with Crippen LogP contribution in [0.5, 0.6) is 0 Å². The lowest BCUT2D eigenvalue weighted by molar-refractivity contribution is 0.0687. The summed E-state index contributed by atoms with van der Waals surface area (Å²) in [7, 11) is 0. The van der Waals surface area contributed by atoms with Crippen LogP contribution in [0.3, 0.4) is 0 Å². The molecule has 1 N–H and O–H groups in total. The van der Waals surface area contributed by atoms with Gasteiger partial charge in [-0.1, -0.05) is 6.07 Å². The lowest BCUT2D eigenvalue weighted by Gasteiger charge is -2.35. The van der Waals surface area contributed by atoms with Crippen LogP contribution >= 0.6 is 0 Å². The second kappa shape index (κ2) is 6.04. The number of rotatable bonds is 4. The second-order valence-corrected chi connectivity index (χ2v) is 6.32. The number of carboxylic acid groups (broad SMARTS) is 1. The molecule has 1 atom stereocenters. The van der Waals surface area contributed by atoms with Crippen molar-refractivity contribution in [3.63, 3.8) is 0 Å². The van der Waals surface area contributed by atoms with E-state index in [0.717, 1.165) is 25.3 Å². The first-order valence-corrected chi connectivity index (χ1v) is 7.86. The molecule has 118 valence electrons. The maximum atomic E-state index is 11.2. The van der Waals surface area contributed by atoms with Gasteiger partial charge in [0, 0.05) is 19.0 Å². The third-order valence-corrected chi connectivity index (χ3v) is 4.37. The van der Waals surface area contributed by atoms with Crippen LogP contribution in [0.1, 0.15) is 43.0 Å². The number of aromatic nitrogens is 3. The van der Waals surface area contributed by atoms with Crippen molar-refractivity contribution in [1.29, 1.82) is 0 Å². The highest BCUT2D eigenvalue weighted by atomic mass is 16.4. The number of aromatic carboxylic acids is 1. The molecule has 0 saturated carbocycles. The van der Waals surface area contributed by atoms with Crippen LogP contribution in [0.2, 0.25) is 0 Å². The van der Waals surface area contributed by atoms with Gasteiger partial charge in [-0.05, 0) is 51.3 Å². The van der Waals surface area contributed by atoms with Crippen molar-refractivity contribution < 1.29 is 9.90 Å². The van der Waals surface area contributed by atoms with Gasteiger partial charge in [0.05, 0.1) is 0 Å². The van der Waals surface area contributed by atoms with Crippen LogP contribution in [-0.2, 0) is 6.42 Å². The predicted octanol–water partition coefficient (Wildman–Crippen LogP) is 2.09. The number of pyridine rings is 1. The summed E-state index contributed by atoms with van der Waals surface area (Å²) in [5.41, 5.74) is 0.759. The first-order valence-electron chi connectivity index (χ1n) is 7.86. The largest absolute Gasteiger partial charge is 0.477 e. The Morgan fingerprint density at radius 2 is 2.27 bits per heavy atom. The van der Waals surface area contributed by atoms with Crippen molar-refractivity contribution in [2.75, 3.05) is 13.1 Å². The highest BCUT2D eigenvalue weighted by molar-refractivity contribution is 5.86. The second-order valence-electron chi connectivity index (χ2n) is 6.32. The number of hydrogen-bond acceptors (Lipinski definition) is 4. The monoisotopic (exact) mass is 302 g/mol. The van der Waals surface area contributed by atoms with Crippen molar-refractivity contribution in [2.24, 2.45) is 5.92 Å². The Labute approximate surface area is 129 Å². The molecule has 1 fully saturated rings. The zero-order chi connectivity index (χ0) is 15.7. The van der Waals surface area contributed by atoms with Crippen molar-refractivity contribution in [2.45, 2.75) is 39.2 Å². The number of likely N-dealkylation sites (tertiary alicyclic amines) is 1. The standard InChI is InChI=1S/C16H22N4O2/c1-11(2)19-8-4-5-12(10-19)9-14-17-15-7-3-6-13(16(21)22)20(15)18-14/h3,6-7,11-12H,4-5,8-10H2,1-2H3,(H,21,22). The van der Waals surface area contributed by atoms with Crippen molar-refractivity contribution >= 4 is 11.6 Å². The molecule has 0 radical (unpaired) electrons. The summed E-state index contributed by atoms with van der Waals surface area (Å²) in [6, 6.07) is 5.62. The summed E-state index contributed by atoms with van der Waals surface area (Å²) in [5, 5.41) is 13.6. The van der Waals surface area contributed by atoms with Gasteiger partial charge in [0.1, 0.15) is 0 Å². The molecular weight excluding hydrogens is 280 g/mol. The SMILES string of the molecule is CC(C)N1CCCC(Cc2nc3cccc(C(=O)O)n3n2)C1. The molecule has 6 heteroatoms. The van der Waals surface area contributed by atoms with Crippen LogP contribution in [0, 0.1) is 5.92 Å². The molecule has 0 aromatic carbocycles.